The molecular weight excluding hydrogens is 456 g/mol. The Hall–Kier alpha value is -4.27. The van der Waals surface area contributed by atoms with Crippen molar-refractivity contribution in [2.75, 3.05) is 30.4 Å². The molecule has 0 aliphatic carbocycles. The van der Waals surface area contributed by atoms with Crippen LogP contribution in [-0.4, -0.2) is 46.4 Å². The zero-order chi connectivity index (χ0) is 23.9. The van der Waals surface area contributed by atoms with Crippen LogP contribution in [0.2, 0.25) is 0 Å². The van der Waals surface area contributed by atoms with Crippen molar-refractivity contribution in [2.45, 2.75) is 12.9 Å². The number of likely N-dealkylation sites (N-methyl/N-ethyl adjacent to an activating group) is 1. The van der Waals surface area contributed by atoms with Crippen molar-refractivity contribution in [3.63, 3.8) is 0 Å². The van der Waals surface area contributed by atoms with Crippen LogP contribution in [0.4, 0.5) is 29.1 Å². The Bertz CT molecular complexity index is 1340. The number of ether oxygens (including phenoxy) is 2. The van der Waals surface area contributed by atoms with Crippen molar-refractivity contribution in [3.05, 3.63) is 59.9 Å². The number of nitrogens with zero attached hydrogens (tertiary/aromatic N) is 5. The van der Waals surface area contributed by atoms with Gasteiger partial charge in [0.15, 0.2) is 23.1 Å². The molecule has 174 valence electrons. The van der Waals surface area contributed by atoms with Crippen LogP contribution in [0.15, 0.2) is 36.4 Å². The molecule has 0 bridgehead atoms. The van der Waals surface area contributed by atoms with Gasteiger partial charge in [0.2, 0.25) is 5.65 Å². The summed E-state index contributed by atoms with van der Waals surface area (Å²) in [7, 11) is 1.86. The van der Waals surface area contributed by atoms with Gasteiger partial charge < -0.3 is 19.7 Å². The van der Waals surface area contributed by atoms with Gasteiger partial charge in [-0.15, -0.1) is 28.5 Å². The van der Waals surface area contributed by atoms with E-state index in [9.17, 15) is 17.6 Å². The van der Waals surface area contributed by atoms with Gasteiger partial charge in [-0.1, -0.05) is 18.2 Å². The minimum Gasteiger partial charge on any atom is -0.486 e. The number of aromatic nitrogens is 4. The highest BCUT2D eigenvalue weighted by Gasteiger charge is 2.32. The molecule has 8 nitrogen and oxygen atoms in total. The maximum absolute atomic E-state index is 13.2. The third-order valence-electron chi connectivity index (χ3n) is 5.10. The fourth-order valence-corrected chi connectivity index (χ4v) is 3.55. The van der Waals surface area contributed by atoms with Crippen LogP contribution in [0.25, 0.3) is 17.0 Å². The number of hydrogen-bond donors (Lipinski definition) is 1. The van der Waals surface area contributed by atoms with E-state index in [1.54, 1.807) is 12.1 Å². The standard InChI is InChI=1S/C22H16F4N6O2/c1-31-9-10-33-18-17(31)21-29-28-20(14-3-2-4-16(11-14)34-22(24,25)26)32(21)30-19(18)27-12-13-5-7-15(23)8-6-13/h3,5-8,11H,9-10,12H2,1H3,(H,27,30). The number of hydrogen-bond acceptors (Lipinski definition) is 7. The van der Waals surface area contributed by atoms with Crippen LogP contribution < -0.4 is 19.7 Å². The van der Waals surface area contributed by atoms with E-state index in [1.165, 1.54) is 22.7 Å². The number of rotatable bonds is 5. The Labute approximate surface area is 190 Å². The molecular formula is C22H16F4N6O2. The Morgan fingerprint density at radius 2 is 2.00 bits per heavy atom. The molecule has 1 aliphatic heterocycles. The van der Waals surface area contributed by atoms with Crippen molar-refractivity contribution in [1.82, 2.24) is 19.8 Å². The zero-order valence-corrected chi connectivity index (χ0v) is 17.6. The van der Waals surface area contributed by atoms with Crippen LogP contribution in [0.5, 0.6) is 11.5 Å². The molecule has 0 saturated heterocycles. The number of nitrogens with one attached hydrogen (secondary N) is 1. The van der Waals surface area contributed by atoms with E-state index in [-0.39, 0.29) is 17.2 Å². The summed E-state index contributed by atoms with van der Waals surface area (Å²) < 4.78 is 62.4. The second kappa shape index (κ2) is 8.26. The lowest BCUT2D eigenvalue weighted by Gasteiger charge is -2.28. The molecule has 4 aromatic rings. The van der Waals surface area contributed by atoms with Crippen molar-refractivity contribution in [2.24, 2.45) is 0 Å². The number of halogens is 4. The summed E-state index contributed by atoms with van der Waals surface area (Å²) in [6, 6.07) is 13.3. The minimum absolute atomic E-state index is 0.180. The first kappa shape index (κ1) is 21.6. The summed E-state index contributed by atoms with van der Waals surface area (Å²) in [6.07, 6.45) is -4.87. The fraction of sp³-hybridized carbons (Fsp3) is 0.227. The van der Waals surface area contributed by atoms with E-state index in [4.69, 9.17) is 4.74 Å². The van der Waals surface area contributed by atoms with Gasteiger partial charge in [0.1, 0.15) is 18.1 Å². The van der Waals surface area contributed by atoms with Crippen LogP contribution in [0.1, 0.15) is 5.56 Å². The van der Waals surface area contributed by atoms with E-state index < -0.39 is 12.1 Å². The first-order valence-electron chi connectivity index (χ1n) is 10.1. The lowest BCUT2D eigenvalue weighted by molar-refractivity contribution is -0.274. The Morgan fingerprint density at radius 3 is 2.76 bits per heavy atom. The molecule has 1 N–H and O–H groups in total. The maximum Gasteiger partial charge on any atom is 0.573 e. The monoisotopic (exact) mass is 472 g/mol. The van der Waals surface area contributed by atoms with E-state index >= 15 is 0 Å². The Morgan fingerprint density at radius 1 is 1.21 bits per heavy atom. The highest BCUT2D eigenvalue weighted by atomic mass is 19.4. The van der Waals surface area contributed by atoms with E-state index in [2.05, 4.69) is 37.5 Å². The third-order valence-corrected chi connectivity index (χ3v) is 5.10. The summed E-state index contributed by atoms with van der Waals surface area (Å²) in [4.78, 5) is 1.93. The maximum atomic E-state index is 13.2. The van der Waals surface area contributed by atoms with E-state index in [0.29, 0.717) is 42.6 Å². The number of anilines is 2. The normalized spacial score (nSPS) is 13.3. The van der Waals surface area contributed by atoms with Gasteiger partial charge in [0.25, 0.3) is 0 Å². The van der Waals surface area contributed by atoms with Crippen LogP contribution in [0.3, 0.4) is 0 Å². The highest BCUT2D eigenvalue weighted by molar-refractivity contribution is 5.83. The molecule has 0 radical (unpaired) electrons. The molecule has 0 fully saturated rings. The first-order valence-corrected chi connectivity index (χ1v) is 10.1. The van der Waals surface area contributed by atoms with Gasteiger partial charge in [0.05, 0.1) is 6.54 Å². The number of benzene rings is 1. The number of alkyl halides is 3. The summed E-state index contributed by atoms with van der Waals surface area (Å²) in [6.45, 7) is 1.34. The Kier molecular flexibility index (Phi) is 5.24. The Balaban J connectivity index is 1.58. The summed E-state index contributed by atoms with van der Waals surface area (Å²) >= 11 is 0. The van der Waals surface area contributed by atoms with Crippen molar-refractivity contribution in [3.8, 4) is 22.9 Å². The largest absolute Gasteiger partial charge is 0.573 e. The predicted molar refractivity (Wildman–Crippen MR) is 113 cm³/mol. The summed E-state index contributed by atoms with van der Waals surface area (Å²) in [5.41, 5.74) is 2.06. The lowest BCUT2D eigenvalue weighted by atomic mass is 10.2. The molecule has 0 atom stereocenters. The van der Waals surface area contributed by atoms with Crippen molar-refractivity contribution < 1.29 is 27.0 Å². The van der Waals surface area contributed by atoms with E-state index in [0.717, 1.165) is 11.6 Å². The van der Waals surface area contributed by atoms with Gasteiger partial charge in [-0.25, -0.2) is 4.39 Å². The van der Waals surface area contributed by atoms with Gasteiger partial charge >= 0.3 is 6.36 Å². The molecule has 0 spiro atoms. The quantitative estimate of drug-likeness (QED) is 0.442. The van der Waals surface area contributed by atoms with E-state index in [1.807, 2.05) is 11.9 Å². The molecule has 2 aromatic heterocycles. The van der Waals surface area contributed by atoms with Gasteiger partial charge in [-0.05, 0) is 29.8 Å². The third kappa shape index (κ3) is 4.19. The van der Waals surface area contributed by atoms with Crippen LogP contribution in [0, 0.1) is 17.9 Å². The van der Waals surface area contributed by atoms with Gasteiger partial charge in [-0.2, -0.15) is 4.52 Å². The molecule has 2 aromatic carbocycles. The molecule has 0 saturated carbocycles. The average molecular weight is 472 g/mol. The zero-order valence-electron chi connectivity index (χ0n) is 17.6. The lowest BCUT2D eigenvalue weighted by Crippen LogP contribution is -2.30. The van der Waals surface area contributed by atoms with Crippen LogP contribution >= 0.6 is 0 Å². The van der Waals surface area contributed by atoms with Crippen LogP contribution in [-0.2, 0) is 6.54 Å². The predicted octanol–water partition coefficient (Wildman–Crippen LogP) is 3.87. The molecule has 1 aliphatic rings. The molecule has 12 heteroatoms. The molecule has 0 unspecified atom stereocenters. The molecule has 34 heavy (non-hydrogen) atoms. The minimum atomic E-state index is -4.87. The fourth-order valence-electron chi connectivity index (χ4n) is 3.55. The first-order chi connectivity index (χ1) is 16.3. The number of fused-ring (bicyclic) bond motifs is 3. The molecule has 0 amide bonds. The highest BCUT2D eigenvalue weighted by Crippen LogP contribution is 2.40. The summed E-state index contributed by atoms with van der Waals surface area (Å²) in [5.74, 6) is 0.119. The average Bonchev–Trinajstić information content (AvgIpc) is 3.21. The van der Waals surface area contributed by atoms with Crippen molar-refractivity contribution in [1.29, 1.82) is 0 Å². The summed E-state index contributed by atoms with van der Waals surface area (Å²) in [5, 5.41) is 16.1. The van der Waals surface area contributed by atoms with Crippen molar-refractivity contribution >= 4 is 17.2 Å². The second-order valence-electron chi connectivity index (χ2n) is 7.46. The second-order valence-corrected chi connectivity index (χ2v) is 7.46. The van der Waals surface area contributed by atoms with Gasteiger partial charge in [0, 0.05) is 25.2 Å². The topological polar surface area (TPSA) is 76.8 Å². The molecule has 3 heterocycles. The smallest absolute Gasteiger partial charge is 0.486 e. The SMILES string of the molecule is CN1CCOc2c(NCc3ccc(F)cc3)nn3c(-c4cc#cc(OC(F)(F)F)c4)nnc3c21. The molecule has 5 rings (SSSR count). The van der Waals surface area contributed by atoms with Gasteiger partial charge in [-0.3, -0.25) is 0 Å².